The van der Waals surface area contributed by atoms with Crippen molar-refractivity contribution in [2.45, 2.75) is 13.8 Å². The number of H-pyrrole nitrogens is 1. The molecule has 0 saturated heterocycles. The van der Waals surface area contributed by atoms with Crippen LogP contribution in [0.15, 0.2) is 30.5 Å². The molecule has 0 fully saturated rings. The molecule has 0 spiro atoms. The lowest BCUT2D eigenvalue weighted by atomic mass is 9.86. The van der Waals surface area contributed by atoms with Gasteiger partial charge in [0.1, 0.15) is 5.41 Å². The first-order chi connectivity index (χ1) is 7.56. The zero-order valence-corrected chi connectivity index (χ0v) is 9.24. The molecule has 1 N–H and O–H groups in total. The van der Waals surface area contributed by atoms with E-state index in [2.05, 4.69) is 4.98 Å². The summed E-state index contributed by atoms with van der Waals surface area (Å²) in [6, 6.07) is 9.61. The summed E-state index contributed by atoms with van der Waals surface area (Å²) < 4.78 is 0. The maximum Gasteiger partial charge on any atom is 0.184 e. The molecule has 16 heavy (non-hydrogen) atoms. The first-order valence-corrected chi connectivity index (χ1v) is 5.08. The Morgan fingerprint density at radius 2 is 2.06 bits per heavy atom. The topological polar surface area (TPSA) is 56.6 Å². The van der Waals surface area contributed by atoms with Gasteiger partial charge >= 0.3 is 0 Å². The van der Waals surface area contributed by atoms with Crippen LogP contribution < -0.4 is 0 Å². The molecule has 0 atom stereocenters. The van der Waals surface area contributed by atoms with Crippen molar-refractivity contribution in [3.63, 3.8) is 0 Å². The highest BCUT2D eigenvalue weighted by Crippen LogP contribution is 2.26. The molecule has 1 heterocycles. The highest BCUT2D eigenvalue weighted by Gasteiger charge is 2.29. The molecule has 2 rings (SSSR count). The molecule has 0 aliphatic heterocycles. The maximum absolute atomic E-state index is 12.1. The summed E-state index contributed by atoms with van der Waals surface area (Å²) in [6.45, 7) is 3.27. The fourth-order valence-electron chi connectivity index (χ4n) is 1.65. The molecule has 0 amide bonds. The lowest BCUT2D eigenvalue weighted by molar-refractivity contribution is 0.0893. The van der Waals surface area contributed by atoms with Gasteiger partial charge in [-0.25, -0.2) is 0 Å². The minimum Gasteiger partial charge on any atom is -0.360 e. The molecule has 80 valence electrons. The third kappa shape index (κ3) is 1.49. The average Bonchev–Trinajstić information content (AvgIpc) is 2.71. The molecule has 0 aliphatic rings. The monoisotopic (exact) mass is 212 g/mol. The fraction of sp³-hybridized carbons (Fsp3) is 0.231. The van der Waals surface area contributed by atoms with Crippen molar-refractivity contribution in [3.8, 4) is 6.07 Å². The molecule has 0 aliphatic carbocycles. The van der Waals surface area contributed by atoms with Crippen LogP contribution in [0.25, 0.3) is 10.9 Å². The molecule has 1 aromatic carbocycles. The van der Waals surface area contributed by atoms with Gasteiger partial charge in [0.15, 0.2) is 5.78 Å². The molecule has 1 aromatic heterocycles. The molecule has 3 nitrogen and oxygen atoms in total. The number of carbonyl (C=O) groups excluding carboxylic acids is 1. The summed E-state index contributed by atoms with van der Waals surface area (Å²) in [5, 5.41) is 9.83. The van der Waals surface area contributed by atoms with Gasteiger partial charge in [0, 0.05) is 22.7 Å². The van der Waals surface area contributed by atoms with E-state index in [9.17, 15) is 4.79 Å². The van der Waals surface area contributed by atoms with Crippen LogP contribution in [0.2, 0.25) is 0 Å². The number of Topliss-reactive ketones (excluding diaryl/α,β-unsaturated/α-hetero) is 1. The lowest BCUT2D eigenvalue weighted by Gasteiger charge is -2.12. The first kappa shape index (κ1) is 10.4. The normalized spacial score (nSPS) is 11.3. The van der Waals surface area contributed by atoms with Gasteiger partial charge in [0.05, 0.1) is 6.07 Å². The van der Waals surface area contributed by atoms with Gasteiger partial charge in [-0.2, -0.15) is 5.26 Å². The summed E-state index contributed by atoms with van der Waals surface area (Å²) >= 11 is 0. The molecular formula is C13H12N2O. The highest BCUT2D eigenvalue weighted by atomic mass is 16.1. The van der Waals surface area contributed by atoms with Crippen molar-refractivity contribution < 1.29 is 4.79 Å². The van der Waals surface area contributed by atoms with Gasteiger partial charge in [-0.3, -0.25) is 4.79 Å². The van der Waals surface area contributed by atoms with E-state index in [0.29, 0.717) is 5.56 Å². The number of ketones is 1. The second kappa shape index (κ2) is 3.49. The van der Waals surface area contributed by atoms with Crippen molar-refractivity contribution in [2.75, 3.05) is 0 Å². The second-order valence-electron chi connectivity index (χ2n) is 4.31. The number of carbonyl (C=O) groups is 1. The van der Waals surface area contributed by atoms with E-state index in [1.54, 1.807) is 20.0 Å². The van der Waals surface area contributed by atoms with Crippen molar-refractivity contribution in [2.24, 2.45) is 5.41 Å². The smallest absolute Gasteiger partial charge is 0.184 e. The number of aromatic amines is 1. The number of fused-ring (bicyclic) bond motifs is 1. The predicted molar refractivity (Wildman–Crippen MR) is 62.0 cm³/mol. The van der Waals surface area contributed by atoms with Gasteiger partial charge in [-0.1, -0.05) is 18.2 Å². The Morgan fingerprint density at radius 1 is 1.38 bits per heavy atom. The fourth-order valence-corrected chi connectivity index (χ4v) is 1.65. The Balaban J connectivity index is 2.58. The zero-order chi connectivity index (χ0) is 11.8. The van der Waals surface area contributed by atoms with Gasteiger partial charge in [0.25, 0.3) is 0 Å². The number of rotatable bonds is 2. The van der Waals surface area contributed by atoms with Crippen LogP contribution >= 0.6 is 0 Å². The molecule has 0 saturated carbocycles. The molecular weight excluding hydrogens is 200 g/mol. The molecule has 0 bridgehead atoms. The van der Waals surface area contributed by atoms with E-state index in [1.807, 2.05) is 30.3 Å². The number of para-hydroxylation sites is 1. The van der Waals surface area contributed by atoms with E-state index in [1.165, 1.54) is 0 Å². The van der Waals surface area contributed by atoms with Crippen molar-refractivity contribution in [1.29, 1.82) is 5.26 Å². The Kier molecular flexibility index (Phi) is 2.28. The number of hydrogen-bond acceptors (Lipinski definition) is 2. The maximum atomic E-state index is 12.1. The number of nitrogens with one attached hydrogen (secondary N) is 1. The standard InChI is InChI=1S/C13H12N2O/c1-13(2,8-14)12(16)10-7-15-11-6-4-3-5-9(10)11/h3-7,15H,1-2H3. The SMILES string of the molecule is CC(C)(C#N)C(=O)c1c[nH]c2ccccc12. The molecule has 0 unspecified atom stereocenters. The third-order valence-electron chi connectivity index (χ3n) is 2.68. The van der Waals surface area contributed by atoms with Gasteiger partial charge in [-0.05, 0) is 19.9 Å². The molecule has 2 aromatic rings. The summed E-state index contributed by atoms with van der Waals surface area (Å²) in [7, 11) is 0. The number of hydrogen-bond donors (Lipinski definition) is 1. The van der Waals surface area contributed by atoms with Crippen LogP contribution in [0.3, 0.4) is 0 Å². The van der Waals surface area contributed by atoms with Crippen LogP contribution in [-0.2, 0) is 0 Å². The van der Waals surface area contributed by atoms with Gasteiger partial charge in [0.2, 0.25) is 0 Å². The Morgan fingerprint density at radius 3 is 2.75 bits per heavy atom. The predicted octanol–water partition coefficient (Wildman–Crippen LogP) is 2.90. The first-order valence-electron chi connectivity index (χ1n) is 5.08. The highest BCUT2D eigenvalue weighted by molar-refractivity contribution is 6.11. The van der Waals surface area contributed by atoms with Crippen LogP contribution in [0.5, 0.6) is 0 Å². The van der Waals surface area contributed by atoms with Crippen molar-refractivity contribution in [1.82, 2.24) is 4.98 Å². The lowest BCUT2D eigenvalue weighted by Crippen LogP contribution is -2.21. The number of aromatic nitrogens is 1. The number of nitrogens with zero attached hydrogens (tertiary/aromatic N) is 1. The molecule has 3 heteroatoms. The quantitative estimate of drug-likeness (QED) is 0.778. The average molecular weight is 212 g/mol. The Bertz CT molecular complexity index is 587. The largest absolute Gasteiger partial charge is 0.360 e. The Hall–Kier alpha value is -2.08. The minimum atomic E-state index is -0.981. The van der Waals surface area contributed by atoms with E-state index < -0.39 is 5.41 Å². The van der Waals surface area contributed by atoms with E-state index in [0.717, 1.165) is 10.9 Å². The third-order valence-corrected chi connectivity index (χ3v) is 2.68. The van der Waals surface area contributed by atoms with E-state index >= 15 is 0 Å². The van der Waals surface area contributed by atoms with Crippen molar-refractivity contribution in [3.05, 3.63) is 36.0 Å². The van der Waals surface area contributed by atoms with Gasteiger partial charge in [-0.15, -0.1) is 0 Å². The van der Waals surface area contributed by atoms with Crippen molar-refractivity contribution >= 4 is 16.7 Å². The number of benzene rings is 1. The van der Waals surface area contributed by atoms with Crippen LogP contribution in [-0.4, -0.2) is 10.8 Å². The minimum absolute atomic E-state index is 0.146. The van der Waals surface area contributed by atoms with Crippen LogP contribution in [0.4, 0.5) is 0 Å². The zero-order valence-electron chi connectivity index (χ0n) is 9.24. The second-order valence-corrected chi connectivity index (χ2v) is 4.31. The van der Waals surface area contributed by atoms with Crippen LogP contribution in [0, 0.1) is 16.7 Å². The molecule has 0 radical (unpaired) electrons. The summed E-state index contributed by atoms with van der Waals surface area (Å²) in [5.74, 6) is -0.146. The van der Waals surface area contributed by atoms with E-state index in [4.69, 9.17) is 5.26 Å². The Labute approximate surface area is 93.7 Å². The number of nitriles is 1. The van der Waals surface area contributed by atoms with Gasteiger partial charge < -0.3 is 4.98 Å². The summed E-state index contributed by atoms with van der Waals surface area (Å²) in [5.41, 5.74) is 0.520. The summed E-state index contributed by atoms with van der Waals surface area (Å²) in [6.07, 6.45) is 1.67. The summed E-state index contributed by atoms with van der Waals surface area (Å²) in [4.78, 5) is 15.2. The van der Waals surface area contributed by atoms with Crippen LogP contribution in [0.1, 0.15) is 24.2 Å². The van der Waals surface area contributed by atoms with E-state index in [-0.39, 0.29) is 5.78 Å².